The van der Waals surface area contributed by atoms with E-state index in [1.807, 2.05) is 37.3 Å². The molecule has 1 aliphatic rings. The van der Waals surface area contributed by atoms with E-state index in [-0.39, 0.29) is 17.7 Å². The predicted octanol–water partition coefficient (Wildman–Crippen LogP) is 2.20. The van der Waals surface area contributed by atoms with Crippen LogP contribution in [0.15, 0.2) is 30.3 Å². The molecule has 0 N–H and O–H groups in total. The quantitative estimate of drug-likeness (QED) is 0.815. The molecule has 1 fully saturated rings. The summed E-state index contributed by atoms with van der Waals surface area (Å²) < 4.78 is 0. The first kappa shape index (κ1) is 12.8. The van der Waals surface area contributed by atoms with Gasteiger partial charge in [0.1, 0.15) is 0 Å². The Morgan fingerprint density at radius 3 is 2.67 bits per heavy atom. The number of amides is 1. The number of Topliss-reactive ketones (excluding diaryl/α,β-unsaturated/α-hetero) is 1. The van der Waals surface area contributed by atoms with E-state index in [1.165, 1.54) is 0 Å². The average Bonchev–Trinajstić information content (AvgIpc) is 2.88. The highest BCUT2D eigenvalue weighted by Gasteiger charge is 2.32. The van der Waals surface area contributed by atoms with Gasteiger partial charge in [0.05, 0.1) is 12.5 Å². The van der Waals surface area contributed by atoms with Crippen LogP contribution in [-0.4, -0.2) is 29.2 Å². The summed E-state index contributed by atoms with van der Waals surface area (Å²) in [5.41, 5.74) is 1.01. The van der Waals surface area contributed by atoms with E-state index in [0.717, 1.165) is 24.9 Å². The van der Waals surface area contributed by atoms with Crippen molar-refractivity contribution < 1.29 is 9.59 Å². The fourth-order valence-electron chi connectivity index (χ4n) is 2.51. The molecule has 1 saturated heterocycles. The molecule has 1 heterocycles. The summed E-state index contributed by atoms with van der Waals surface area (Å²) in [7, 11) is 0. The number of hydrogen-bond acceptors (Lipinski definition) is 2. The van der Waals surface area contributed by atoms with E-state index in [9.17, 15) is 9.59 Å². The fourth-order valence-corrected chi connectivity index (χ4v) is 2.51. The van der Waals surface area contributed by atoms with Crippen LogP contribution in [0.4, 0.5) is 0 Å². The molecule has 1 aromatic carbocycles. The van der Waals surface area contributed by atoms with Crippen LogP contribution in [0, 0.1) is 0 Å². The zero-order valence-corrected chi connectivity index (χ0v) is 10.8. The zero-order chi connectivity index (χ0) is 13.0. The van der Waals surface area contributed by atoms with Gasteiger partial charge in [-0.25, -0.2) is 0 Å². The van der Waals surface area contributed by atoms with Crippen molar-refractivity contribution in [2.75, 3.05) is 6.54 Å². The van der Waals surface area contributed by atoms with E-state index in [4.69, 9.17) is 0 Å². The van der Waals surface area contributed by atoms with E-state index < -0.39 is 0 Å². The van der Waals surface area contributed by atoms with Crippen molar-refractivity contribution in [3.63, 3.8) is 0 Å². The Morgan fingerprint density at radius 1 is 1.28 bits per heavy atom. The SMILES string of the molecule is CCC(=O)[C@@H]1CCCN1C(=O)Cc1ccccc1. The molecular formula is C15H19NO2. The number of carbonyl (C=O) groups excluding carboxylic acids is 2. The van der Waals surface area contributed by atoms with Crippen LogP contribution in [0.2, 0.25) is 0 Å². The first-order valence-electron chi connectivity index (χ1n) is 6.58. The molecule has 1 amide bonds. The fraction of sp³-hybridized carbons (Fsp3) is 0.467. The van der Waals surface area contributed by atoms with Crippen LogP contribution in [0.3, 0.4) is 0 Å². The van der Waals surface area contributed by atoms with Crippen molar-refractivity contribution in [1.29, 1.82) is 0 Å². The summed E-state index contributed by atoms with van der Waals surface area (Å²) in [6.45, 7) is 2.59. The van der Waals surface area contributed by atoms with Gasteiger partial charge in [0.25, 0.3) is 0 Å². The molecule has 3 heteroatoms. The van der Waals surface area contributed by atoms with Gasteiger partial charge in [0.2, 0.25) is 5.91 Å². The minimum atomic E-state index is -0.175. The highest BCUT2D eigenvalue weighted by atomic mass is 16.2. The molecular weight excluding hydrogens is 226 g/mol. The minimum Gasteiger partial charge on any atom is -0.332 e. The third-order valence-corrected chi connectivity index (χ3v) is 3.49. The van der Waals surface area contributed by atoms with Crippen LogP contribution < -0.4 is 0 Å². The summed E-state index contributed by atoms with van der Waals surface area (Å²) in [4.78, 5) is 25.8. The Labute approximate surface area is 108 Å². The Morgan fingerprint density at radius 2 is 2.00 bits per heavy atom. The number of rotatable bonds is 4. The molecule has 1 aromatic rings. The Bertz CT molecular complexity index is 427. The van der Waals surface area contributed by atoms with Crippen molar-refractivity contribution >= 4 is 11.7 Å². The largest absolute Gasteiger partial charge is 0.332 e. The molecule has 2 rings (SSSR count). The van der Waals surface area contributed by atoms with Crippen molar-refractivity contribution in [3.05, 3.63) is 35.9 Å². The molecule has 1 aliphatic heterocycles. The van der Waals surface area contributed by atoms with Gasteiger partial charge in [-0.2, -0.15) is 0 Å². The smallest absolute Gasteiger partial charge is 0.227 e. The van der Waals surface area contributed by atoms with Crippen molar-refractivity contribution in [2.45, 2.75) is 38.6 Å². The third kappa shape index (κ3) is 2.78. The third-order valence-electron chi connectivity index (χ3n) is 3.49. The Kier molecular flexibility index (Phi) is 4.13. The van der Waals surface area contributed by atoms with E-state index in [2.05, 4.69) is 0 Å². The van der Waals surface area contributed by atoms with E-state index >= 15 is 0 Å². The van der Waals surface area contributed by atoms with E-state index in [1.54, 1.807) is 4.90 Å². The number of carbonyl (C=O) groups is 2. The highest BCUT2D eigenvalue weighted by molar-refractivity contribution is 5.90. The first-order valence-corrected chi connectivity index (χ1v) is 6.58. The molecule has 1 atom stereocenters. The molecule has 0 aliphatic carbocycles. The van der Waals surface area contributed by atoms with Gasteiger partial charge in [-0.05, 0) is 18.4 Å². The van der Waals surface area contributed by atoms with Crippen molar-refractivity contribution in [2.24, 2.45) is 0 Å². The van der Waals surface area contributed by atoms with Gasteiger partial charge in [-0.15, -0.1) is 0 Å². The molecule has 0 saturated carbocycles. The standard InChI is InChI=1S/C15H19NO2/c1-2-14(17)13-9-6-10-16(13)15(18)11-12-7-4-3-5-8-12/h3-5,7-8,13H,2,6,9-11H2,1H3/t13-/m0/s1. The molecule has 0 spiro atoms. The first-order chi connectivity index (χ1) is 8.72. The minimum absolute atomic E-state index is 0.0745. The molecule has 0 radical (unpaired) electrons. The molecule has 18 heavy (non-hydrogen) atoms. The number of benzene rings is 1. The lowest BCUT2D eigenvalue weighted by Gasteiger charge is -2.23. The number of likely N-dealkylation sites (tertiary alicyclic amines) is 1. The van der Waals surface area contributed by atoms with Gasteiger partial charge >= 0.3 is 0 Å². The Hall–Kier alpha value is -1.64. The summed E-state index contributed by atoms with van der Waals surface area (Å²) in [6.07, 6.45) is 2.68. The normalized spacial score (nSPS) is 18.9. The Balaban J connectivity index is 2.02. The number of hydrogen-bond donors (Lipinski definition) is 0. The van der Waals surface area contributed by atoms with E-state index in [0.29, 0.717) is 12.8 Å². The molecule has 0 aromatic heterocycles. The predicted molar refractivity (Wildman–Crippen MR) is 70.2 cm³/mol. The van der Waals surface area contributed by atoms with Crippen LogP contribution in [0.25, 0.3) is 0 Å². The molecule has 0 unspecified atom stereocenters. The summed E-state index contributed by atoms with van der Waals surface area (Å²) in [5, 5.41) is 0. The van der Waals surface area contributed by atoms with Gasteiger partial charge in [0.15, 0.2) is 5.78 Å². The number of nitrogens with zero attached hydrogens (tertiary/aromatic N) is 1. The zero-order valence-electron chi connectivity index (χ0n) is 10.8. The maximum absolute atomic E-state index is 12.2. The summed E-state index contributed by atoms with van der Waals surface area (Å²) >= 11 is 0. The van der Waals surface area contributed by atoms with Crippen LogP contribution in [-0.2, 0) is 16.0 Å². The lowest BCUT2D eigenvalue weighted by molar-refractivity contribution is -0.137. The summed E-state index contributed by atoms with van der Waals surface area (Å²) in [6, 6.07) is 9.52. The maximum Gasteiger partial charge on any atom is 0.227 e. The van der Waals surface area contributed by atoms with Crippen LogP contribution >= 0.6 is 0 Å². The summed E-state index contributed by atoms with van der Waals surface area (Å²) in [5.74, 6) is 0.263. The van der Waals surface area contributed by atoms with Gasteiger partial charge in [0, 0.05) is 13.0 Å². The van der Waals surface area contributed by atoms with Crippen LogP contribution in [0.5, 0.6) is 0 Å². The van der Waals surface area contributed by atoms with Gasteiger partial charge in [-0.3, -0.25) is 9.59 Å². The molecule has 96 valence electrons. The van der Waals surface area contributed by atoms with Gasteiger partial charge < -0.3 is 4.90 Å². The second-order valence-electron chi connectivity index (χ2n) is 4.73. The maximum atomic E-state index is 12.2. The molecule has 3 nitrogen and oxygen atoms in total. The molecule has 0 bridgehead atoms. The number of ketones is 1. The van der Waals surface area contributed by atoms with Crippen molar-refractivity contribution in [3.8, 4) is 0 Å². The van der Waals surface area contributed by atoms with Gasteiger partial charge in [-0.1, -0.05) is 37.3 Å². The highest BCUT2D eigenvalue weighted by Crippen LogP contribution is 2.20. The monoisotopic (exact) mass is 245 g/mol. The second-order valence-corrected chi connectivity index (χ2v) is 4.73. The van der Waals surface area contributed by atoms with Crippen molar-refractivity contribution in [1.82, 2.24) is 4.90 Å². The lowest BCUT2D eigenvalue weighted by atomic mass is 10.1. The topological polar surface area (TPSA) is 37.4 Å². The second kappa shape index (κ2) is 5.80. The lowest BCUT2D eigenvalue weighted by Crippen LogP contribution is -2.41. The average molecular weight is 245 g/mol. The van der Waals surface area contributed by atoms with Crippen LogP contribution in [0.1, 0.15) is 31.7 Å².